The summed E-state index contributed by atoms with van der Waals surface area (Å²) in [6.07, 6.45) is 3.05. The van der Waals surface area contributed by atoms with Gasteiger partial charge in [-0.1, -0.05) is 11.6 Å². The molecule has 0 saturated carbocycles. The highest BCUT2D eigenvalue weighted by atomic mass is 35.5. The molecule has 12 heavy (non-hydrogen) atoms. The molecule has 2 heterocycles. The number of nitrogens with two attached hydrogens (primary N) is 1. The van der Waals surface area contributed by atoms with E-state index in [2.05, 4.69) is 20.4 Å². The first-order chi connectivity index (χ1) is 5.83. The van der Waals surface area contributed by atoms with Crippen molar-refractivity contribution in [3.05, 3.63) is 17.5 Å². The number of fused-ring (bicyclic) bond motifs is 1. The van der Waals surface area contributed by atoms with E-state index in [9.17, 15) is 0 Å². The normalized spacial score (nSPS) is 10.5. The number of aromatic nitrogens is 3. The Labute approximate surface area is 72.9 Å². The van der Waals surface area contributed by atoms with E-state index in [1.807, 2.05) is 0 Å². The number of aromatic amines is 1. The van der Waals surface area contributed by atoms with Crippen LogP contribution in [0.5, 0.6) is 0 Å². The van der Waals surface area contributed by atoms with Crippen LogP contribution in [0.3, 0.4) is 0 Å². The molecule has 0 atom stereocenters. The zero-order valence-electron chi connectivity index (χ0n) is 6.00. The molecule has 0 spiro atoms. The Morgan fingerprint density at radius 2 is 2.33 bits per heavy atom. The van der Waals surface area contributed by atoms with Crippen molar-refractivity contribution in [2.75, 3.05) is 5.43 Å². The highest BCUT2D eigenvalue weighted by Crippen LogP contribution is 2.25. The minimum absolute atomic E-state index is 0.520. The summed E-state index contributed by atoms with van der Waals surface area (Å²) in [6.45, 7) is 0. The van der Waals surface area contributed by atoms with Gasteiger partial charge in [0.15, 0.2) is 5.82 Å². The first kappa shape index (κ1) is 7.33. The van der Waals surface area contributed by atoms with Gasteiger partial charge in [0.2, 0.25) is 0 Å². The molecule has 2 rings (SSSR count). The summed E-state index contributed by atoms with van der Waals surface area (Å²) >= 11 is 5.85. The Morgan fingerprint density at radius 3 is 3.08 bits per heavy atom. The Balaban J connectivity index is 2.84. The van der Waals surface area contributed by atoms with Gasteiger partial charge < -0.3 is 10.4 Å². The van der Waals surface area contributed by atoms with E-state index in [4.69, 9.17) is 17.4 Å². The van der Waals surface area contributed by atoms with Crippen molar-refractivity contribution in [1.82, 2.24) is 15.0 Å². The topological polar surface area (TPSA) is 79.6 Å². The van der Waals surface area contributed by atoms with Crippen LogP contribution < -0.4 is 11.3 Å². The van der Waals surface area contributed by atoms with E-state index in [1.165, 1.54) is 6.33 Å². The molecule has 0 saturated heterocycles. The molecule has 0 aliphatic heterocycles. The molecule has 0 aliphatic carbocycles. The maximum Gasteiger partial charge on any atom is 0.154 e. The van der Waals surface area contributed by atoms with E-state index in [0.717, 1.165) is 0 Å². The monoisotopic (exact) mass is 183 g/mol. The second kappa shape index (κ2) is 2.62. The molecule has 0 fully saturated rings. The van der Waals surface area contributed by atoms with Gasteiger partial charge in [0.1, 0.15) is 12.0 Å². The molecular weight excluding hydrogens is 178 g/mol. The summed E-state index contributed by atoms with van der Waals surface area (Å²) < 4.78 is 0. The molecule has 0 bridgehead atoms. The van der Waals surface area contributed by atoms with Crippen LogP contribution >= 0.6 is 11.6 Å². The fraction of sp³-hybridized carbons (Fsp3) is 0. The molecule has 0 aliphatic rings. The number of nitrogen functional groups attached to an aromatic ring is 1. The molecule has 0 radical (unpaired) electrons. The van der Waals surface area contributed by atoms with Crippen LogP contribution in [0.1, 0.15) is 0 Å². The molecule has 62 valence electrons. The lowest BCUT2D eigenvalue weighted by Crippen LogP contribution is -2.08. The smallest absolute Gasteiger partial charge is 0.154 e. The van der Waals surface area contributed by atoms with E-state index < -0.39 is 0 Å². The molecule has 4 N–H and O–H groups in total. The van der Waals surface area contributed by atoms with E-state index in [1.54, 1.807) is 6.20 Å². The quantitative estimate of drug-likeness (QED) is 0.453. The summed E-state index contributed by atoms with van der Waals surface area (Å²) in [7, 11) is 0. The van der Waals surface area contributed by atoms with Crippen molar-refractivity contribution >= 4 is 28.5 Å². The third-order valence-corrected chi connectivity index (χ3v) is 1.86. The number of hydrazine groups is 1. The minimum Gasteiger partial charge on any atom is -0.344 e. The summed E-state index contributed by atoms with van der Waals surface area (Å²) in [5, 5.41) is 1.26. The van der Waals surface area contributed by atoms with Crippen LogP contribution in [0.15, 0.2) is 12.5 Å². The molecule has 2 aromatic rings. The number of nitrogens with one attached hydrogen (secondary N) is 2. The van der Waals surface area contributed by atoms with Crippen molar-refractivity contribution in [2.24, 2.45) is 5.84 Å². The lowest BCUT2D eigenvalue weighted by molar-refractivity contribution is 1.17. The number of rotatable bonds is 1. The second-order valence-corrected chi connectivity index (χ2v) is 2.63. The number of H-pyrrole nitrogens is 1. The van der Waals surface area contributed by atoms with Gasteiger partial charge in [0.25, 0.3) is 0 Å². The fourth-order valence-corrected chi connectivity index (χ4v) is 1.27. The van der Waals surface area contributed by atoms with Gasteiger partial charge >= 0.3 is 0 Å². The van der Waals surface area contributed by atoms with Crippen molar-refractivity contribution in [1.29, 1.82) is 0 Å². The molecule has 0 unspecified atom stereocenters. The minimum atomic E-state index is 0.520. The van der Waals surface area contributed by atoms with E-state index >= 15 is 0 Å². The Bertz CT molecular complexity index is 409. The van der Waals surface area contributed by atoms with Gasteiger partial charge in [0, 0.05) is 6.20 Å². The van der Waals surface area contributed by atoms with E-state index in [-0.39, 0.29) is 0 Å². The zero-order valence-corrected chi connectivity index (χ0v) is 6.76. The number of anilines is 1. The number of hydrogen-bond donors (Lipinski definition) is 3. The SMILES string of the molecule is NNc1ncnc2[nH]cc(Cl)c12. The Morgan fingerprint density at radius 1 is 1.50 bits per heavy atom. The second-order valence-electron chi connectivity index (χ2n) is 2.23. The lowest BCUT2D eigenvalue weighted by atomic mass is 10.4. The van der Waals surface area contributed by atoms with Gasteiger partial charge in [-0.05, 0) is 0 Å². The summed E-state index contributed by atoms with van der Waals surface area (Å²) in [6, 6.07) is 0. The number of hydrogen-bond acceptors (Lipinski definition) is 4. The molecule has 0 amide bonds. The fourth-order valence-electron chi connectivity index (χ4n) is 1.03. The first-order valence-electron chi connectivity index (χ1n) is 3.27. The Kier molecular flexibility index (Phi) is 1.60. The highest BCUT2D eigenvalue weighted by molar-refractivity contribution is 6.36. The van der Waals surface area contributed by atoms with E-state index in [0.29, 0.717) is 21.9 Å². The van der Waals surface area contributed by atoms with Crippen LogP contribution in [-0.2, 0) is 0 Å². The van der Waals surface area contributed by atoms with Gasteiger partial charge in [-0.3, -0.25) is 0 Å². The summed E-state index contributed by atoms with van der Waals surface area (Å²) in [4.78, 5) is 10.8. The van der Waals surface area contributed by atoms with Gasteiger partial charge in [-0.15, -0.1) is 0 Å². The van der Waals surface area contributed by atoms with Crippen molar-refractivity contribution in [3.8, 4) is 0 Å². The van der Waals surface area contributed by atoms with Crippen molar-refractivity contribution in [3.63, 3.8) is 0 Å². The predicted molar refractivity (Wildman–Crippen MR) is 46.7 cm³/mol. The van der Waals surface area contributed by atoms with Crippen LogP contribution in [0.2, 0.25) is 5.02 Å². The number of nitrogens with zero attached hydrogens (tertiary/aromatic N) is 2. The first-order valence-corrected chi connectivity index (χ1v) is 3.65. The van der Waals surface area contributed by atoms with Gasteiger partial charge in [0.05, 0.1) is 10.4 Å². The standard InChI is InChI=1S/C6H6ClN5/c7-3-1-9-5-4(3)6(12-8)11-2-10-5/h1-2H,8H2,(H2,9,10,11,12). The third kappa shape index (κ3) is 0.910. The molecule has 6 heteroatoms. The Hall–Kier alpha value is -1.33. The third-order valence-electron chi connectivity index (χ3n) is 1.56. The highest BCUT2D eigenvalue weighted by Gasteiger charge is 2.07. The molecular formula is C6H6ClN5. The maximum absolute atomic E-state index is 5.85. The average molecular weight is 184 g/mol. The van der Waals surface area contributed by atoms with Crippen LogP contribution in [0.25, 0.3) is 11.0 Å². The largest absolute Gasteiger partial charge is 0.344 e. The molecule has 5 nitrogen and oxygen atoms in total. The number of halogens is 1. The predicted octanol–water partition coefficient (Wildman–Crippen LogP) is 0.897. The van der Waals surface area contributed by atoms with Crippen LogP contribution in [0.4, 0.5) is 5.82 Å². The van der Waals surface area contributed by atoms with Gasteiger partial charge in [-0.2, -0.15) is 0 Å². The summed E-state index contributed by atoms with van der Waals surface area (Å²) in [5.41, 5.74) is 3.11. The molecule has 2 aromatic heterocycles. The van der Waals surface area contributed by atoms with Crippen molar-refractivity contribution < 1.29 is 0 Å². The lowest BCUT2D eigenvalue weighted by Gasteiger charge is -1.98. The van der Waals surface area contributed by atoms with Crippen molar-refractivity contribution in [2.45, 2.75) is 0 Å². The van der Waals surface area contributed by atoms with Gasteiger partial charge in [-0.25, -0.2) is 15.8 Å². The molecule has 0 aromatic carbocycles. The van der Waals surface area contributed by atoms with Crippen LogP contribution in [0, 0.1) is 0 Å². The summed E-state index contributed by atoms with van der Waals surface area (Å²) in [5.74, 6) is 5.75. The zero-order chi connectivity index (χ0) is 8.55. The maximum atomic E-state index is 5.85. The average Bonchev–Trinajstić information content (AvgIpc) is 2.48. The van der Waals surface area contributed by atoms with Crippen LogP contribution in [-0.4, -0.2) is 15.0 Å².